The van der Waals surface area contributed by atoms with E-state index in [0.717, 1.165) is 19.3 Å². The van der Waals surface area contributed by atoms with Crippen LogP contribution >= 0.6 is 21.6 Å². The first-order valence-corrected chi connectivity index (χ1v) is 12.1. The van der Waals surface area contributed by atoms with Gasteiger partial charge in [-0.3, -0.25) is 24.1 Å². The van der Waals surface area contributed by atoms with Crippen LogP contribution in [0.5, 0.6) is 0 Å². The van der Waals surface area contributed by atoms with Crippen LogP contribution in [0.2, 0.25) is 0 Å². The molecule has 1 N–H and O–H groups in total. The van der Waals surface area contributed by atoms with E-state index in [4.69, 9.17) is 0.594 Å². The van der Waals surface area contributed by atoms with Gasteiger partial charge in [0.05, 0.1) is 11.0 Å². The third-order valence-electron chi connectivity index (χ3n) is 3.63. The fraction of sp³-hybridized carbons (Fsp3) is 0.733. The van der Waals surface area contributed by atoms with E-state index in [1.165, 1.54) is 16.7 Å². The number of nitrogens with one attached hydrogen (secondary N) is 1. The minimum absolute atomic E-state index is 0.149. The third-order valence-corrected chi connectivity index (χ3v) is 4.83. The van der Waals surface area contributed by atoms with E-state index in [0.29, 0.717) is 19.4 Å². The summed E-state index contributed by atoms with van der Waals surface area (Å²) < 4.78 is 6.18. The van der Waals surface area contributed by atoms with Crippen molar-refractivity contribution in [3.63, 3.8) is 0 Å². The number of thiol groups is 1. The summed E-state index contributed by atoms with van der Waals surface area (Å²) in [4.78, 5) is 47.7. The van der Waals surface area contributed by atoms with Crippen LogP contribution in [-0.2, 0) is 19.2 Å². The number of ketones is 1. The first-order valence-electron chi connectivity index (χ1n) is 8.22. The van der Waals surface area contributed by atoms with Crippen molar-refractivity contribution >= 4 is 45.1 Å². The molecule has 1 fully saturated rings. The predicted molar refractivity (Wildman–Crippen MR) is 95.8 cm³/mol. The Morgan fingerprint density at radius 1 is 1.42 bits per heavy atom. The second-order valence-electron chi connectivity index (χ2n) is 5.26. The molecule has 0 saturated carbocycles. The number of thioether (sulfide) groups is 1. The van der Waals surface area contributed by atoms with Crippen LogP contribution in [0, 0.1) is 0 Å². The molecule has 1 saturated heterocycles. The van der Waals surface area contributed by atoms with E-state index in [1.54, 1.807) is 7.05 Å². The molecule has 0 spiro atoms. The Kier molecular flexibility index (Phi) is 12.6. The van der Waals surface area contributed by atoms with Crippen LogP contribution in [0.15, 0.2) is 0 Å². The topological polar surface area (TPSA) is 83.6 Å². The third kappa shape index (κ3) is 8.70. The van der Waals surface area contributed by atoms with Crippen molar-refractivity contribution in [2.75, 3.05) is 19.3 Å². The SMILES string of the molecule is CCC(=O)CCCCCN1C(=O)CC(SCC(=O)NC)C1=O.[2H][I-]S. The zero-order chi connectivity index (χ0) is 19.2. The van der Waals surface area contributed by atoms with Crippen molar-refractivity contribution in [1.29, 1.82) is 0.594 Å². The Morgan fingerprint density at radius 3 is 2.67 bits per heavy atom. The minimum atomic E-state index is -0.466. The Bertz CT molecular complexity index is 469. The van der Waals surface area contributed by atoms with E-state index >= 15 is 0 Å². The zero-order valence-corrected chi connectivity index (χ0v) is 17.9. The summed E-state index contributed by atoms with van der Waals surface area (Å²) >= 11 is 0.749. The molecule has 0 aliphatic carbocycles. The van der Waals surface area contributed by atoms with E-state index < -0.39 is 26.3 Å². The quantitative estimate of drug-likeness (QED) is 0.164. The van der Waals surface area contributed by atoms with Gasteiger partial charge < -0.3 is 5.32 Å². The summed E-state index contributed by atoms with van der Waals surface area (Å²) in [7, 11) is 5.11. The number of carbonyl (C=O) groups excluding carboxylic acids is 4. The van der Waals surface area contributed by atoms with Crippen LogP contribution in [0.25, 0.3) is 0 Å². The van der Waals surface area contributed by atoms with Gasteiger partial charge in [0, 0.05) is 32.9 Å². The summed E-state index contributed by atoms with van der Waals surface area (Å²) in [5.74, 6) is -0.0662. The van der Waals surface area contributed by atoms with Crippen molar-refractivity contribution in [2.24, 2.45) is 0 Å². The Labute approximate surface area is 165 Å². The fourth-order valence-electron chi connectivity index (χ4n) is 2.21. The van der Waals surface area contributed by atoms with E-state index in [9.17, 15) is 19.2 Å². The molecular weight excluding hydrogens is 463 g/mol. The van der Waals surface area contributed by atoms with Gasteiger partial charge in [0.1, 0.15) is 5.78 Å². The van der Waals surface area contributed by atoms with Gasteiger partial charge in [0.25, 0.3) is 0 Å². The molecule has 1 unspecified atom stereocenters. The van der Waals surface area contributed by atoms with E-state index in [2.05, 4.69) is 15.1 Å². The summed E-state index contributed by atoms with van der Waals surface area (Å²) in [6, 6.07) is 0. The van der Waals surface area contributed by atoms with Gasteiger partial charge in [-0.05, 0) is 12.8 Å². The monoisotopic (exact) mass is 490 g/mol. The van der Waals surface area contributed by atoms with E-state index in [-0.39, 0.29) is 35.7 Å². The standard InChI is InChI=1S/C15H24N2O4S.H2IS/c1-3-11(18)7-5-4-6-8-17-14(20)9-12(15(17)21)22-10-13(19)16-2;1-2/h12H,3-10H2,1-2H3,(H,16,19);1-2H/q;-1/i;1D. The molecule has 1 aliphatic rings. The average Bonchev–Trinajstić information content (AvgIpc) is 2.86. The molecule has 1 rings (SSSR count). The molecule has 3 amide bonds. The Morgan fingerprint density at radius 2 is 2.08 bits per heavy atom. The van der Waals surface area contributed by atoms with Crippen LogP contribution in [0.3, 0.4) is 0 Å². The first kappa shape index (κ1) is 21.8. The molecule has 6 nitrogen and oxygen atoms in total. The number of Topliss-reactive ketones (excluding diaryl/α,β-unsaturated/α-hetero) is 1. The van der Waals surface area contributed by atoms with Crippen LogP contribution in [-0.4, -0.2) is 53.6 Å². The zero-order valence-electron chi connectivity index (χ0n) is 15.0. The maximum absolute atomic E-state index is 12.1. The molecule has 0 aromatic rings. The van der Waals surface area contributed by atoms with Gasteiger partial charge >= 0.3 is 31.4 Å². The normalized spacial score (nSPS) is 17.4. The number of nitrogens with zero attached hydrogens (tertiary/aromatic N) is 1. The number of halogens is 1. The van der Waals surface area contributed by atoms with Gasteiger partial charge in [-0.1, -0.05) is 13.3 Å². The molecule has 1 atom stereocenters. The Hall–Kier alpha value is -0.290. The predicted octanol–water partition coefficient (Wildman–Crippen LogP) is -1.75. The average molecular weight is 490 g/mol. The van der Waals surface area contributed by atoms with Crippen molar-refractivity contribution in [3.05, 3.63) is 0 Å². The number of rotatable bonds is 10. The van der Waals surface area contributed by atoms with E-state index in [1.807, 2.05) is 6.92 Å². The number of hydrogen-bond donors (Lipinski definition) is 2. The summed E-state index contributed by atoms with van der Waals surface area (Å²) in [6.07, 6.45) is 3.67. The van der Waals surface area contributed by atoms with Crippen molar-refractivity contribution < 1.29 is 40.2 Å². The van der Waals surface area contributed by atoms with Gasteiger partial charge in [-0.2, -0.15) is 0 Å². The van der Waals surface area contributed by atoms with Gasteiger partial charge in [0.2, 0.25) is 17.7 Å². The summed E-state index contributed by atoms with van der Waals surface area (Å²) in [6.45, 7) is 2.26. The van der Waals surface area contributed by atoms with Crippen molar-refractivity contribution in [3.8, 4) is 0 Å². The van der Waals surface area contributed by atoms with Crippen LogP contribution < -0.4 is 26.3 Å². The molecule has 1 heterocycles. The number of amides is 3. The van der Waals surface area contributed by atoms with Crippen LogP contribution in [0.1, 0.15) is 45.4 Å². The molecule has 9 heteroatoms. The fourth-order valence-corrected chi connectivity index (χ4v) is 3.24. The second kappa shape index (κ2) is 13.9. The number of likely N-dealkylation sites (tertiary alicyclic amines) is 1. The van der Waals surface area contributed by atoms with Gasteiger partial charge in [0.15, 0.2) is 0 Å². The number of unbranched alkanes of at least 4 members (excludes halogenated alkanes) is 2. The number of imide groups is 1. The van der Waals surface area contributed by atoms with Gasteiger partial charge in [-0.25, -0.2) is 0 Å². The maximum atomic E-state index is 12.1. The molecule has 0 aromatic carbocycles. The molecule has 24 heavy (non-hydrogen) atoms. The van der Waals surface area contributed by atoms with Crippen molar-refractivity contribution in [1.82, 2.24) is 10.2 Å². The van der Waals surface area contributed by atoms with Crippen molar-refractivity contribution in [2.45, 2.75) is 50.7 Å². The first-order chi connectivity index (χ1) is 11.9. The van der Waals surface area contributed by atoms with Gasteiger partial charge in [-0.15, -0.1) is 11.8 Å². The second-order valence-corrected chi connectivity index (χ2v) is 6.45. The summed E-state index contributed by atoms with van der Waals surface area (Å²) in [5, 5.41) is 2.05. The molecule has 1 aliphatic heterocycles. The number of hydrogen-bond acceptors (Lipinski definition) is 6. The summed E-state index contributed by atoms with van der Waals surface area (Å²) in [5.41, 5.74) is 0. The molecule has 0 aromatic heterocycles. The molecule has 0 bridgehead atoms. The van der Waals surface area contributed by atoms with Crippen LogP contribution in [0.4, 0.5) is 0 Å². The number of carbonyl (C=O) groups is 4. The molecular formula is C15H26IN2O4S2-. The molecule has 140 valence electrons. The Balaban J connectivity index is 0.00000178. The molecule has 0 radical (unpaired) electrons.